The Balaban J connectivity index is 0. The van der Waals surface area contributed by atoms with Crippen LogP contribution in [0.1, 0.15) is 0 Å². The van der Waals surface area contributed by atoms with Crippen molar-refractivity contribution in [1.82, 2.24) is 0 Å². The quantitative estimate of drug-likeness (QED) is 0.441. The third kappa shape index (κ3) is 39.2. The van der Waals surface area contributed by atoms with Crippen LogP contribution >= 0.6 is 29.7 Å². The van der Waals surface area contributed by atoms with Gasteiger partial charge in [0.05, 0.1) is 0 Å². The Bertz CT molecular complexity index is 6.90. The Morgan fingerprint density at radius 3 is 0.286 bits per heavy atom. The molecule has 0 aromatic rings. The summed E-state index contributed by atoms with van der Waals surface area (Å²) in [6.07, 6.45) is 0. The standard InChI is InChI=1S/3H3P.4Ti/h3*1H3;;;;. The van der Waals surface area contributed by atoms with Gasteiger partial charge in [0.15, 0.2) is 0 Å². The molecule has 0 nitrogen and oxygen atoms in total. The Kier molecular flexibility index (Phi) is 471. The molecule has 0 aliphatic heterocycles. The van der Waals surface area contributed by atoms with Crippen molar-refractivity contribution < 1.29 is 86.9 Å². The van der Waals surface area contributed by atoms with E-state index in [-0.39, 0.29) is 117 Å². The fourth-order valence-corrected chi connectivity index (χ4v) is 0. The summed E-state index contributed by atoms with van der Waals surface area (Å²) < 4.78 is 0. The molecule has 0 radical (unpaired) electrons. The molecule has 0 aliphatic carbocycles. The van der Waals surface area contributed by atoms with Crippen LogP contribution in [0.5, 0.6) is 0 Å². The normalized spacial score (nSPS) is 0. The Morgan fingerprint density at radius 1 is 0.286 bits per heavy atom. The number of hydrogen-bond donors (Lipinski definition) is 0. The van der Waals surface area contributed by atoms with Crippen LogP contribution < -0.4 is 0 Å². The van der Waals surface area contributed by atoms with E-state index in [0.29, 0.717) is 0 Å². The molecule has 3 atom stereocenters. The van der Waals surface area contributed by atoms with Gasteiger partial charge in [0.2, 0.25) is 0 Å². The zero-order valence-corrected chi connectivity index (χ0v) is 14.6. The van der Waals surface area contributed by atoms with Gasteiger partial charge in [-0.25, -0.2) is 0 Å². The zero-order valence-electron chi connectivity index (χ0n) is 4.12. The van der Waals surface area contributed by atoms with Gasteiger partial charge in [0.25, 0.3) is 0 Å². The van der Waals surface area contributed by atoms with E-state index in [1.807, 2.05) is 0 Å². The molecule has 0 fully saturated rings. The molecule has 0 aromatic heterocycles. The van der Waals surface area contributed by atoms with Crippen LogP contribution in [0.4, 0.5) is 0 Å². The molecular formula is H9P3Ti4. The Morgan fingerprint density at radius 2 is 0.286 bits per heavy atom. The maximum atomic E-state index is 0. The zero-order chi connectivity index (χ0) is 0. The van der Waals surface area contributed by atoms with Gasteiger partial charge in [-0.2, -0.15) is 29.7 Å². The molecule has 0 N–H and O–H groups in total. The van der Waals surface area contributed by atoms with E-state index < -0.39 is 0 Å². The molecule has 0 aromatic carbocycles. The van der Waals surface area contributed by atoms with E-state index in [1.54, 1.807) is 0 Å². The molecule has 40 valence electrons. The van der Waals surface area contributed by atoms with Crippen LogP contribution in [0.2, 0.25) is 0 Å². The topological polar surface area (TPSA) is 0 Å². The first-order valence-electron chi connectivity index (χ1n) is 0. The molecule has 0 spiro atoms. The summed E-state index contributed by atoms with van der Waals surface area (Å²) in [6, 6.07) is 0. The van der Waals surface area contributed by atoms with Crippen LogP contribution in [-0.4, -0.2) is 0 Å². The van der Waals surface area contributed by atoms with Crippen molar-refractivity contribution in [2.24, 2.45) is 0 Å². The van der Waals surface area contributed by atoms with Crippen LogP contribution in [-0.2, 0) is 86.9 Å². The van der Waals surface area contributed by atoms with Crippen molar-refractivity contribution in [2.75, 3.05) is 0 Å². The van der Waals surface area contributed by atoms with Gasteiger partial charge in [-0.05, 0) is 0 Å². The largest absolute Gasteiger partial charge is 0.153 e. The first-order chi connectivity index (χ1) is 0. The number of hydrogen-bond acceptors (Lipinski definition) is 0. The van der Waals surface area contributed by atoms with Gasteiger partial charge in [-0.15, -0.1) is 0 Å². The second-order valence-corrected chi connectivity index (χ2v) is 0. The summed E-state index contributed by atoms with van der Waals surface area (Å²) in [5.41, 5.74) is 0. The van der Waals surface area contributed by atoms with Gasteiger partial charge in [0, 0.05) is 86.9 Å². The van der Waals surface area contributed by atoms with Crippen molar-refractivity contribution in [2.45, 2.75) is 0 Å². The van der Waals surface area contributed by atoms with E-state index in [2.05, 4.69) is 0 Å². The molecule has 0 bridgehead atoms. The second-order valence-electron chi connectivity index (χ2n) is 0. The van der Waals surface area contributed by atoms with Crippen molar-refractivity contribution in [3.8, 4) is 0 Å². The summed E-state index contributed by atoms with van der Waals surface area (Å²) in [6.45, 7) is 0. The summed E-state index contributed by atoms with van der Waals surface area (Å²) >= 11 is 0. The first kappa shape index (κ1) is 66.7. The number of rotatable bonds is 0. The second kappa shape index (κ2) is 49.4. The van der Waals surface area contributed by atoms with E-state index in [0.717, 1.165) is 0 Å². The fourth-order valence-electron chi connectivity index (χ4n) is 0. The van der Waals surface area contributed by atoms with Gasteiger partial charge < -0.3 is 0 Å². The minimum atomic E-state index is 0. The van der Waals surface area contributed by atoms with Gasteiger partial charge in [-0.3, -0.25) is 0 Å². The SMILES string of the molecule is P.P.P.[Ti].[Ti].[Ti].[Ti]. The average molecular weight is 293 g/mol. The van der Waals surface area contributed by atoms with E-state index in [4.69, 9.17) is 0 Å². The molecule has 0 saturated heterocycles. The molecule has 0 amide bonds. The van der Waals surface area contributed by atoms with Crippen molar-refractivity contribution in [1.29, 1.82) is 0 Å². The summed E-state index contributed by atoms with van der Waals surface area (Å²) in [4.78, 5) is 0. The van der Waals surface area contributed by atoms with Crippen molar-refractivity contribution in [3.63, 3.8) is 0 Å². The summed E-state index contributed by atoms with van der Waals surface area (Å²) in [5, 5.41) is 0. The third-order valence-corrected chi connectivity index (χ3v) is 0. The third-order valence-electron chi connectivity index (χ3n) is 0. The van der Waals surface area contributed by atoms with Gasteiger partial charge in [0.1, 0.15) is 0 Å². The molecular weight excluding hydrogens is 284 g/mol. The van der Waals surface area contributed by atoms with Crippen molar-refractivity contribution in [3.05, 3.63) is 0 Å². The summed E-state index contributed by atoms with van der Waals surface area (Å²) in [7, 11) is 0. The van der Waals surface area contributed by atoms with E-state index >= 15 is 0 Å². The average Bonchev–Trinajstić information content (AvgIpc) is 0. The molecule has 0 saturated carbocycles. The van der Waals surface area contributed by atoms with E-state index in [1.165, 1.54) is 0 Å². The summed E-state index contributed by atoms with van der Waals surface area (Å²) in [5.74, 6) is 0. The Labute approximate surface area is 115 Å². The van der Waals surface area contributed by atoms with Gasteiger partial charge >= 0.3 is 0 Å². The maximum Gasteiger partial charge on any atom is 0 e. The minimum Gasteiger partial charge on any atom is -0.153 e. The molecule has 0 heterocycles. The smallest absolute Gasteiger partial charge is 0 e. The Hall–Kier alpha value is 4.15. The monoisotopic (exact) mass is 294 g/mol. The van der Waals surface area contributed by atoms with E-state index in [9.17, 15) is 0 Å². The van der Waals surface area contributed by atoms with Crippen LogP contribution in [0, 0.1) is 0 Å². The predicted molar refractivity (Wildman–Crippen MR) is 33.3 cm³/mol. The fraction of sp³-hybridized carbons (Fsp3) is 0. The molecule has 0 aliphatic rings. The minimum absolute atomic E-state index is 0. The van der Waals surface area contributed by atoms with Gasteiger partial charge in [-0.1, -0.05) is 0 Å². The first-order valence-corrected chi connectivity index (χ1v) is 0. The van der Waals surface area contributed by atoms with Crippen LogP contribution in [0.3, 0.4) is 0 Å². The van der Waals surface area contributed by atoms with Crippen LogP contribution in [0.15, 0.2) is 0 Å². The predicted octanol–water partition coefficient (Wildman–Crippen LogP) is 0.164. The molecule has 0 rings (SSSR count). The molecule has 7 heteroatoms. The maximum absolute atomic E-state index is 0. The van der Waals surface area contributed by atoms with Crippen molar-refractivity contribution >= 4 is 29.7 Å². The van der Waals surface area contributed by atoms with Crippen LogP contribution in [0.25, 0.3) is 0 Å². The molecule has 7 heavy (non-hydrogen) atoms. The molecule has 3 unspecified atom stereocenters.